The summed E-state index contributed by atoms with van der Waals surface area (Å²) in [5, 5.41) is 0. The highest BCUT2D eigenvalue weighted by atomic mass is 32.1. The second-order valence-corrected chi connectivity index (χ2v) is 6.07. The predicted molar refractivity (Wildman–Crippen MR) is 76.7 cm³/mol. The second kappa shape index (κ2) is 5.60. The van der Waals surface area contributed by atoms with Crippen LogP contribution in [0.4, 0.5) is 0 Å². The van der Waals surface area contributed by atoms with E-state index in [1.54, 1.807) is 11.9 Å². The Balaban J connectivity index is 2.73. The van der Waals surface area contributed by atoms with Crippen LogP contribution in [0.2, 0.25) is 0 Å². The van der Waals surface area contributed by atoms with Crippen LogP contribution in [-0.4, -0.2) is 29.4 Å². The SMILES string of the molecule is Cc1cc(C(=O)N(C)CC(C)C(N)=S)sc1C. The van der Waals surface area contributed by atoms with Crippen LogP contribution < -0.4 is 5.73 Å². The number of carbonyl (C=O) groups is 1. The van der Waals surface area contributed by atoms with Crippen molar-refractivity contribution >= 4 is 34.5 Å². The third kappa shape index (κ3) is 3.51. The average molecular weight is 270 g/mol. The average Bonchev–Trinajstić information content (AvgIpc) is 2.57. The first-order valence-corrected chi connectivity index (χ1v) is 6.67. The molecule has 0 spiro atoms. The maximum Gasteiger partial charge on any atom is 0.263 e. The summed E-state index contributed by atoms with van der Waals surface area (Å²) in [7, 11) is 1.78. The molecule has 5 heteroatoms. The van der Waals surface area contributed by atoms with Crippen molar-refractivity contribution in [3.8, 4) is 0 Å². The lowest BCUT2D eigenvalue weighted by molar-refractivity contribution is 0.0791. The van der Waals surface area contributed by atoms with Crippen molar-refractivity contribution in [3.05, 3.63) is 21.4 Å². The monoisotopic (exact) mass is 270 g/mol. The molecule has 0 aromatic carbocycles. The number of nitrogens with two attached hydrogens (primary N) is 1. The maximum absolute atomic E-state index is 12.1. The first kappa shape index (κ1) is 14.1. The molecule has 1 aromatic rings. The van der Waals surface area contributed by atoms with Crippen LogP contribution in [0.1, 0.15) is 27.0 Å². The van der Waals surface area contributed by atoms with Gasteiger partial charge in [0.05, 0.1) is 9.87 Å². The van der Waals surface area contributed by atoms with Gasteiger partial charge in [-0.2, -0.15) is 0 Å². The van der Waals surface area contributed by atoms with Crippen LogP contribution >= 0.6 is 23.6 Å². The van der Waals surface area contributed by atoms with Crippen molar-refractivity contribution in [2.45, 2.75) is 20.8 Å². The highest BCUT2D eigenvalue weighted by Crippen LogP contribution is 2.22. The summed E-state index contributed by atoms with van der Waals surface area (Å²) < 4.78 is 0. The second-order valence-electron chi connectivity index (χ2n) is 4.34. The summed E-state index contributed by atoms with van der Waals surface area (Å²) in [6.45, 7) is 6.52. The number of hydrogen-bond donors (Lipinski definition) is 1. The van der Waals surface area contributed by atoms with Gasteiger partial charge in [-0.3, -0.25) is 4.79 Å². The van der Waals surface area contributed by atoms with E-state index in [1.807, 2.05) is 26.8 Å². The van der Waals surface area contributed by atoms with Crippen molar-refractivity contribution in [2.75, 3.05) is 13.6 Å². The number of amides is 1. The van der Waals surface area contributed by atoms with Gasteiger partial charge < -0.3 is 10.6 Å². The third-order valence-corrected chi connectivity index (χ3v) is 4.30. The molecule has 1 atom stereocenters. The van der Waals surface area contributed by atoms with Gasteiger partial charge in [-0.15, -0.1) is 11.3 Å². The molecule has 3 nitrogen and oxygen atoms in total. The Morgan fingerprint density at radius 2 is 2.18 bits per heavy atom. The van der Waals surface area contributed by atoms with E-state index in [9.17, 15) is 4.79 Å². The van der Waals surface area contributed by atoms with Crippen LogP contribution in [0.15, 0.2) is 6.07 Å². The largest absolute Gasteiger partial charge is 0.393 e. The topological polar surface area (TPSA) is 46.3 Å². The molecule has 0 aliphatic heterocycles. The molecule has 1 unspecified atom stereocenters. The molecule has 0 aliphatic carbocycles. The Kier molecular flexibility index (Phi) is 4.65. The third-order valence-electron chi connectivity index (χ3n) is 2.76. The summed E-state index contributed by atoms with van der Waals surface area (Å²) in [6.07, 6.45) is 0. The summed E-state index contributed by atoms with van der Waals surface area (Å²) in [5.41, 5.74) is 6.71. The van der Waals surface area contributed by atoms with Crippen LogP contribution in [0, 0.1) is 19.8 Å². The number of thiocarbonyl (C=S) groups is 1. The van der Waals surface area contributed by atoms with Crippen LogP contribution in [0.5, 0.6) is 0 Å². The lowest BCUT2D eigenvalue weighted by Crippen LogP contribution is -2.35. The number of nitrogens with zero attached hydrogens (tertiary/aromatic N) is 1. The zero-order chi connectivity index (χ0) is 13.2. The molecule has 1 rings (SSSR count). The number of rotatable bonds is 4. The Morgan fingerprint density at radius 3 is 2.59 bits per heavy atom. The van der Waals surface area contributed by atoms with Gasteiger partial charge in [-0.05, 0) is 25.5 Å². The highest BCUT2D eigenvalue weighted by molar-refractivity contribution is 7.80. The van der Waals surface area contributed by atoms with E-state index in [1.165, 1.54) is 16.2 Å². The van der Waals surface area contributed by atoms with E-state index in [-0.39, 0.29) is 11.8 Å². The summed E-state index contributed by atoms with van der Waals surface area (Å²) in [6, 6.07) is 1.93. The van der Waals surface area contributed by atoms with Crippen molar-refractivity contribution in [1.82, 2.24) is 4.90 Å². The number of aryl methyl sites for hydroxylation is 2. The van der Waals surface area contributed by atoms with E-state index < -0.39 is 0 Å². The molecule has 1 heterocycles. The van der Waals surface area contributed by atoms with Crippen LogP contribution in [-0.2, 0) is 0 Å². The van der Waals surface area contributed by atoms with E-state index in [2.05, 4.69) is 0 Å². The van der Waals surface area contributed by atoms with Gasteiger partial charge in [0.15, 0.2) is 0 Å². The Morgan fingerprint density at radius 1 is 1.59 bits per heavy atom. The van der Waals surface area contributed by atoms with Crippen molar-refractivity contribution < 1.29 is 4.79 Å². The Hall–Kier alpha value is -0.940. The number of carbonyl (C=O) groups excluding carboxylic acids is 1. The smallest absolute Gasteiger partial charge is 0.263 e. The van der Waals surface area contributed by atoms with Gasteiger partial charge in [0, 0.05) is 24.4 Å². The van der Waals surface area contributed by atoms with E-state index in [4.69, 9.17) is 18.0 Å². The molecule has 0 radical (unpaired) electrons. The Bertz CT molecular complexity index is 420. The minimum Gasteiger partial charge on any atom is -0.393 e. The normalized spacial score (nSPS) is 12.2. The molecular weight excluding hydrogens is 252 g/mol. The maximum atomic E-state index is 12.1. The predicted octanol–water partition coefficient (Wildman–Crippen LogP) is 2.36. The lowest BCUT2D eigenvalue weighted by Gasteiger charge is -2.20. The van der Waals surface area contributed by atoms with Crippen molar-refractivity contribution in [3.63, 3.8) is 0 Å². The molecule has 0 fully saturated rings. The van der Waals surface area contributed by atoms with Gasteiger partial charge in [-0.1, -0.05) is 19.1 Å². The summed E-state index contributed by atoms with van der Waals surface area (Å²) >= 11 is 6.44. The molecule has 2 N–H and O–H groups in total. The standard InChI is InChI=1S/C12H18N2OS2/c1-7-5-10(17-9(7)3)12(15)14(4)6-8(2)11(13)16/h5,8H,6H2,1-4H3,(H2,13,16). The van der Waals surface area contributed by atoms with Gasteiger partial charge in [-0.25, -0.2) is 0 Å². The molecule has 0 bridgehead atoms. The Labute approximate surface area is 112 Å². The van der Waals surface area contributed by atoms with Crippen LogP contribution in [0.25, 0.3) is 0 Å². The minimum atomic E-state index is 0.0364. The molecular formula is C12H18N2OS2. The van der Waals surface area contributed by atoms with Crippen molar-refractivity contribution in [2.24, 2.45) is 11.7 Å². The summed E-state index contributed by atoms with van der Waals surface area (Å²) in [5.74, 6) is 0.0791. The fourth-order valence-corrected chi connectivity index (χ4v) is 2.55. The van der Waals surface area contributed by atoms with E-state index >= 15 is 0 Å². The molecule has 0 saturated carbocycles. The van der Waals surface area contributed by atoms with Crippen LogP contribution in [0.3, 0.4) is 0 Å². The fourth-order valence-electron chi connectivity index (χ4n) is 1.45. The van der Waals surface area contributed by atoms with E-state index in [0.717, 1.165) is 10.4 Å². The van der Waals surface area contributed by atoms with Gasteiger partial charge in [0.25, 0.3) is 5.91 Å². The minimum absolute atomic E-state index is 0.0364. The number of hydrogen-bond acceptors (Lipinski definition) is 3. The fraction of sp³-hybridized carbons (Fsp3) is 0.500. The lowest BCUT2D eigenvalue weighted by atomic mass is 10.1. The quantitative estimate of drug-likeness (QED) is 0.854. The molecule has 1 aromatic heterocycles. The first-order valence-electron chi connectivity index (χ1n) is 5.44. The van der Waals surface area contributed by atoms with Gasteiger partial charge in [0.2, 0.25) is 0 Å². The zero-order valence-corrected chi connectivity index (χ0v) is 12.2. The highest BCUT2D eigenvalue weighted by Gasteiger charge is 2.17. The molecule has 1 amide bonds. The first-order chi connectivity index (χ1) is 7.82. The molecule has 17 heavy (non-hydrogen) atoms. The molecule has 0 saturated heterocycles. The molecule has 0 aliphatic rings. The van der Waals surface area contributed by atoms with Gasteiger partial charge >= 0.3 is 0 Å². The van der Waals surface area contributed by atoms with E-state index in [0.29, 0.717) is 11.5 Å². The van der Waals surface area contributed by atoms with Gasteiger partial charge in [0.1, 0.15) is 0 Å². The summed E-state index contributed by atoms with van der Waals surface area (Å²) in [4.78, 5) is 16.2. The number of thiophene rings is 1. The van der Waals surface area contributed by atoms with Crippen molar-refractivity contribution in [1.29, 1.82) is 0 Å². The zero-order valence-electron chi connectivity index (χ0n) is 10.6. The molecule has 94 valence electrons.